The SMILES string of the molecule is Cc1cc(NC(=O)Nc2cc(C#Cc3cnn4ccc(N(C)C)nc34)ccn2)ccc1CN1CCN(C)CC1. The van der Waals surface area contributed by atoms with Gasteiger partial charge in [-0.15, -0.1) is 0 Å². The molecule has 1 aliphatic rings. The lowest BCUT2D eigenvalue weighted by molar-refractivity contribution is 0.148. The van der Waals surface area contributed by atoms with Gasteiger partial charge in [-0.05, 0) is 55.4 Å². The van der Waals surface area contributed by atoms with E-state index in [1.165, 1.54) is 5.56 Å². The minimum atomic E-state index is -0.359. The van der Waals surface area contributed by atoms with Crippen LogP contribution in [0, 0.1) is 18.8 Å². The van der Waals surface area contributed by atoms with Gasteiger partial charge in [0.15, 0.2) is 5.65 Å². The summed E-state index contributed by atoms with van der Waals surface area (Å²) in [5.41, 5.74) is 5.28. The van der Waals surface area contributed by atoms with Crippen LogP contribution in [-0.2, 0) is 6.54 Å². The molecule has 0 saturated carbocycles. The second-order valence-corrected chi connectivity index (χ2v) is 9.99. The number of aromatic nitrogens is 4. The standard InChI is InChI=1S/C29H33N9O/c1-21-17-25(8-7-24(21)20-37-15-13-36(4)14-16-37)32-29(39)33-26-18-22(9-11-30-26)5-6-23-19-31-38-12-10-27(35(2)3)34-28(23)38/h7-12,17-19H,13-16,20H2,1-4H3,(H2,30,32,33,39). The number of piperazine rings is 1. The molecule has 1 aliphatic heterocycles. The molecule has 1 fully saturated rings. The molecule has 2 N–H and O–H groups in total. The number of benzene rings is 1. The summed E-state index contributed by atoms with van der Waals surface area (Å²) in [6, 6.07) is 11.1. The average molecular weight is 524 g/mol. The fourth-order valence-electron chi connectivity index (χ4n) is 4.39. The summed E-state index contributed by atoms with van der Waals surface area (Å²) in [4.78, 5) is 28.3. The molecule has 10 heteroatoms. The first-order valence-electron chi connectivity index (χ1n) is 12.9. The van der Waals surface area contributed by atoms with E-state index in [0.717, 1.165) is 49.8 Å². The van der Waals surface area contributed by atoms with E-state index in [9.17, 15) is 4.79 Å². The Morgan fingerprint density at radius 1 is 1.05 bits per heavy atom. The van der Waals surface area contributed by atoms with Gasteiger partial charge in [-0.1, -0.05) is 17.9 Å². The van der Waals surface area contributed by atoms with Gasteiger partial charge in [0.25, 0.3) is 0 Å². The highest BCUT2D eigenvalue weighted by atomic mass is 16.2. The fraction of sp³-hybridized carbons (Fsp3) is 0.310. The molecular weight excluding hydrogens is 490 g/mol. The molecular formula is C29H33N9O. The molecule has 0 aliphatic carbocycles. The summed E-state index contributed by atoms with van der Waals surface area (Å²) in [5, 5.41) is 10.0. The molecule has 4 aromatic rings. The number of anilines is 3. The molecule has 39 heavy (non-hydrogen) atoms. The third kappa shape index (κ3) is 6.52. The topological polar surface area (TPSA) is 93.9 Å². The maximum atomic E-state index is 12.7. The van der Waals surface area contributed by atoms with Crippen molar-refractivity contribution < 1.29 is 4.79 Å². The third-order valence-corrected chi connectivity index (χ3v) is 6.75. The Morgan fingerprint density at radius 2 is 1.87 bits per heavy atom. The Hall–Kier alpha value is -4.46. The quantitative estimate of drug-likeness (QED) is 0.388. The summed E-state index contributed by atoms with van der Waals surface area (Å²) >= 11 is 0. The summed E-state index contributed by atoms with van der Waals surface area (Å²) in [6.07, 6.45) is 5.18. The third-order valence-electron chi connectivity index (χ3n) is 6.75. The number of amides is 2. The number of rotatable bonds is 5. The summed E-state index contributed by atoms with van der Waals surface area (Å²) in [5.74, 6) is 7.50. The highest BCUT2D eigenvalue weighted by Crippen LogP contribution is 2.18. The van der Waals surface area contributed by atoms with Gasteiger partial charge in [-0.25, -0.2) is 19.3 Å². The van der Waals surface area contributed by atoms with E-state index in [4.69, 9.17) is 0 Å². The van der Waals surface area contributed by atoms with Crippen LogP contribution < -0.4 is 15.5 Å². The summed E-state index contributed by atoms with van der Waals surface area (Å²) in [6.45, 7) is 7.33. The first-order chi connectivity index (χ1) is 18.8. The number of carbonyl (C=O) groups is 1. The van der Waals surface area contributed by atoms with Crippen molar-refractivity contribution in [2.24, 2.45) is 0 Å². The molecule has 4 heterocycles. The van der Waals surface area contributed by atoms with Crippen molar-refractivity contribution in [3.63, 3.8) is 0 Å². The molecule has 0 unspecified atom stereocenters. The predicted octanol–water partition coefficient (Wildman–Crippen LogP) is 3.29. The van der Waals surface area contributed by atoms with Crippen LogP contribution in [-0.4, -0.2) is 82.7 Å². The number of fused-ring (bicyclic) bond motifs is 1. The molecule has 0 radical (unpaired) electrons. The minimum absolute atomic E-state index is 0.359. The summed E-state index contributed by atoms with van der Waals surface area (Å²) in [7, 11) is 6.04. The van der Waals surface area contributed by atoms with Gasteiger partial charge < -0.3 is 15.1 Å². The molecule has 0 bridgehead atoms. The highest BCUT2D eigenvalue weighted by Gasteiger charge is 2.15. The number of nitrogens with one attached hydrogen (secondary N) is 2. The van der Waals surface area contributed by atoms with E-state index in [0.29, 0.717) is 22.6 Å². The van der Waals surface area contributed by atoms with E-state index in [2.05, 4.69) is 67.4 Å². The van der Waals surface area contributed by atoms with Crippen LogP contribution in [0.2, 0.25) is 0 Å². The molecule has 2 amide bonds. The van der Waals surface area contributed by atoms with Gasteiger partial charge in [-0.2, -0.15) is 5.10 Å². The van der Waals surface area contributed by atoms with Gasteiger partial charge in [0.2, 0.25) is 0 Å². The molecule has 5 rings (SSSR count). The number of nitrogens with zero attached hydrogens (tertiary/aromatic N) is 7. The number of carbonyl (C=O) groups excluding carboxylic acids is 1. The molecule has 10 nitrogen and oxygen atoms in total. The Balaban J connectivity index is 1.22. The van der Waals surface area contributed by atoms with E-state index in [-0.39, 0.29) is 6.03 Å². The normalized spacial score (nSPS) is 14.1. The Bertz CT molecular complexity index is 1540. The lowest BCUT2D eigenvalue weighted by Crippen LogP contribution is -2.43. The van der Waals surface area contributed by atoms with Gasteiger partial charge in [0.05, 0.1) is 11.8 Å². The van der Waals surface area contributed by atoms with Gasteiger partial charge in [0, 0.05) is 70.5 Å². The fourth-order valence-corrected chi connectivity index (χ4v) is 4.39. The van der Waals surface area contributed by atoms with Crippen LogP contribution in [0.25, 0.3) is 5.65 Å². The number of hydrogen-bond acceptors (Lipinski definition) is 7. The van der Waals surface area contributed by atoms with Gasteiger partial charge in [-0.3, -0.25) is 10.2 Å². The number of urea groups is 1. The van der Waals surface area contributed by atoms with Crippen LogP contribution in [0.5, 0.6) is 0 Å². The van der Waals surface area contributed by atoms with Crippen molar-refractivity contribution in [3.05, 3.63) is 77.2 Å². The van der Waals surface area contributed by atoms with Gasteiger partial charge >= 0.3 is 6.03 Å². The second-order valence-electron chi connectivity index (χ2n) is 9.99. The maximum absolute atomic E-state index is 12.7. The number of pyridine rings is 1. The van der Waals surface area contributed by atoms with Crippen molar-refractivity contribution in [1.29, 1.82) is 0 Å². The zero-order valence-corrected chi connectivity index (χ0v) is 22.8. The van der Waals surface area contributed by atoms with Crippen LogP contribution >= 0.6 is 0 Å². The van der Waals surface area contributed by atoms with Crippen molar-refractivity contribution in [3.8, 4) is 11.8 Å². The van der Waals surface area contributed by atoms with Crippen molar-refractivity contribution in [2.45, 2.75) is 13.5 Å². The lowest BCUT2D eigenvalue weighted by atomic mass is 10.1. The largest absolute Gasteiger partial charge is 0.363 e. The first-order valence-corrected chi connectivity index (χ1v) is 12.9. The molecule has 200 valence electrons. The minimum Gasteiger partial charge on any atom is -0.363 e. The monoisotopic (exact) mass is 523 g/mol. The van der Waals surface area contributed by atoms with E-state index >= 15 is 0 Å². The van der Waals surface area contributed by atoms with E-state index < -0.39 is 0 Å². The Kier molecular flexibility index (Phi) is 7.72. The zero-order valence-electron chi connectivity index (χ0n) is 22.8. The molecule has 0 atom stereocenters. The van der Waals surface area contributed by atoms with Crippen molar-refractivity contribution >= 4 is 29.0 Å². The molecule has 1 saturated heterocycles. The smallest absolute Gasteiger partial charge is 0.324 e. The van der Waals surface area contributed by atoms with Crippen LogP contribution in [0.1, 0.15) is 22.3 Å². The molecule has 1 aromatic carbocycles. The lowest BCUT2D eigenvalue weighted by Gasteiger charge is -2.32. The van der Waals surface area contributed by atoms with Crippen molar-refractivity contribution in [1.82, 2.24) is 29.4 Å². The highest BCUT2D eigenvalue weighted by molar-refractivity contribution is 5.99. The average Bonchev–Trinajstić information content (AvgIpc) is 3.32. The first kappa shape index (κ1) is 26.2. The summed E-state index contributed by atoms with van der Waals surface area (Å²) < 4.78 is 1.70. The van der Waals surface area contributed by atoms with Gasteiger partial charge in [0.1, 0.15) is 11.6 Å². The zero-order chi connectivity index (χ0) is 27.4. The van der Waals surface area contributed by atoms with Crippen LogP contribution in [0.15, 0.2) is 55.0 Å². The Labute approximate surface area is 228 Å². The number of hydrogen-bond donors (Lipinski definition) is 2. The van der Waals surface area contributed by atoms with E-state index in [1.54, 1.807) is 29.0 Å². The number of aryl methyl sites for hydroxylation is 1. The number of likely N-dealkylation sites (N-methyl/N-ethyl adjacent to an activating group) is 1. The van der Waals surface area contributed by atoms with Crippen molar-refractivity contribution in [2.75, 3.05) is 62.9 Å². The predicted molar refractivity (Wildman–Crippen MR) is 154 cm³/mol. The van der Waals surface area contributed by atoms with Crippen LogP contribution in [0.4, 0.5) is 22.1 Å². The molecule has 0 spiro atoms. The van der Waals surface area contributed by atoms with Crippen LogP contribution in [0.3, 0.4) is 0 Å². The second kappa shape index (κ2) is 11.5. The maximum Gasteiger partial charge on any atom is 0.324 e. The van der Waals surface area contributed by atoms with E-state index in [1.807, 2.05) is 43.4 Å². The molecule has 3 aromatic heterocycles. The Morgan fingerprint density at radius 3 is 2.64 bits per heavy atom.